The van der Waals surface area contributed by atoms with Gasteiger partial charge in [-0.15, -0.1) is 11.3 Å². The van der Waals surface area contributed by atoms with Gasteiger partial charge in [0.25, 0.3) is 0 Å². The number of carbonyl (C=O) groups is 1. The maximum Gasteiger partial charge on any atom is 0.333 e. The molecular formula is C26H30ClN5O4S2. The summed E-state index contributed by atoms with van der Waals surface area (Å²) in [5.74, 6) is 0.566. The number of halogens is 1. The first-order valence-corrected chi connectivity index (χ1v) is 15.2. The van der Waals surface area contributed by atoms with Gasteiger partial charge < -0.3 is 10.6 Å². The minimum Gasteiger partial charge on any atom is -0.367 e. The van der Waals surface area contributed by atoms with Crippen molar-refractivity contribution in [2.75, 3.05) is 18.5 Å². The standard InChI is InChI=1S/C26H30ClN5O4S2/c1-14-7-19(8-17(14)12-36-38(28,34)35)32-26-22(11-29-13-31-26)25(33)23-10-20(15(2)37-23)24-21-9-18(27)4-3-16(21)5-6-30-24/h3-4,9-11,13-14,17,19,24,30H,5-8,12H2,1-2H3,(H2,28,34,35)(H,29,31,32)/t14-,17+,19?,24-/m0/s1. The van der Waals surface area contributed by atoms with Crippen molar-refractivity contribution in [3.63, 3.8) is 0 Å². The van der Waals surface area contributed by atoms with E-state index in [0.717, 1.165) is 35.4 Å². The number of nitrogens with one attached hydrogen (secondary N) is 2. The van der Waals surface area contributed by atoms with E-state index in [1.54, 1.807) is 6.20 Å². The maximum atomic E-state index is 13.7. The highest BCUT2D eigenvalue weighted by Gasteiger charge is 2.33. The van der Waals surface area contributed by atoms with Gasteiger partial charge in [-0.25, -0.2) is 15.1 Å². The quantitative estimate of drug-likeness (QED) is 0.343. The molecular weight excluding hydrogens is 546 g/mol. The lowest BCUT2D eigenvalue weighted by molar-refractivity contribution is 0.104. The van der Waals surface area contributed by atoms with Crippen LogP contribution in [-0.4, -0.2) is 43.4 Å². The van der Waals surface area contributed by atoms with Crippen LogP contribution < -0.4 is 15.8 Å². The number of hydrogen-bond donors (Lipinski definition) is 3. The molecule has 1 aliphatic heterocycles. The topological polar surface area (TPSA) is 136 Å². The predicted octanol–water partition coefficient (Wildman–Crippen LogP) is 4.01. The number of nitrogens with two attached hydrogens (primary N) is 1. The normalized spacial score (nSPS) is 23.3. The molecule has 4 atom stereocenters. The molecule has 1 aromatic carbocycles. The summed E-state index contributed by atoms with van der Waals surface area (Å²) in [6.45, 7) is 4.96. The van der Waals surface area contributed by atoms with E-state index in [1.807, 2.05) is 32.0 Å². The molecule has 1 unspecified atom stereocenters. The average molecular weight is 576 g/mol. The number of ketones is 1. The molecule has 2 aliphatic rings. The first-order chi connectivity index (χ1) is 18.1. The van der Waals surface area contributed by atoms with Crippen LogP contribution in [0.4, 0.5) is 5.82 Å². The van der Waals surface area contributed by atoms with Crippen molar-refractivity contribution in [2.45, 2.75) is 45.2 Å². The summed E-state index contributed by atoms with van der Waals surface area (Å²) in [5.41, 5.74) is 3.87. The number of rotatable bonds is 8. The van der Waals surface area contributed by atoms with Gasteiger partial charge in [0.1, 0.15) is 12.1 Å². The predicted molar refractivity (Wildman–Crippen MR) is 148 cm³/mol. The smallest absolute Gasteiger partial charge is 0.333 e. The van der Waals surface area contributed by atoms with E-state index >= 15 is 0 Å². The van der Waals surface area contributed by atoms with Gasteiger partial charge >= 0.3 is 10.3 Å². The molecule has 0 amide bonds. The van der Waals surface area contributed by atoms with Crippen LogP contribution in [0, 0.1) is 18.8 Å². The van der Waals surface area contributed by atoms with Crippen molar-refractivity contribution in [3.05, 3.63) is 73.8 Å². The van der Waals surface area contributed by atoms with Crippen LogP contribution in [0.25, 0.3) is 0 Å². The number of thiophene rings is 1. The Kier molecular flexibility index (Phi) is 7.86. The third kappa shape index (κ3) is 5.93. The van der Waals surface area contributed by atoms with Crippen molar-refractivity contribution >= 4 is 44.8 Å². The first kappa shape index (κ1) is 27.2. The van der Waals surface area contributed by atoms with Gasteiger partial charge in [-0.3, -0.25) is 8.98 Å². The fraction of sp³-hybridized carbons (Fsp3) is 0.423. The van der Waals surface area contributed by atoms with Gasteiger partial charge in [-0.2, -0.15) is 8.42 Å². The highest BCUT2D eigenvalue weighted by atomic mass is 35.5. The van der Waals surface area contributed by atoms with Crippen LogP contribution in [-0.2, 0) is 20.9 Å². The van der Waals surface area contributed by atoms with Gasteiger partial charge in [0, 0.05) is 28.7 Å². The third-order valence-electron chi connectivity index (χ3n) is 7.45. The summed E-state index contributed by atoms with van der Waals surface area (Å²) < 4.78 is 27.2. The van der Waals surface area contributed by atoms with Crippen LogP contribution in [0.1, 0.15) is 62.6 Å². The minimum absolute atomic E-state index is 0.00819. The van der Waals surface area contributed by atoms with Crippen LogP contribution in [0.3, 0.4) is 0 Å². The summed E-state index contributed by atoms with van der Waals surface area (Å²) in [7, 11) is -3.98. The van der Waals surface area contributed by atoms with Crippen molar-refractivity contribution in [1.29, 1.82) is 0 Å². The van der Waals surface area contributed by atoms with Crippen molar-refractivity contribution in [2.24, 2.45) is 17.0 Å². The SMILES string of the molecule is Cc1sc(C(=O)c2cncnc2NC2C[C@H](COS(N)(=O)=O)[C@@H](C)C2)cc1[C@@H]1NCCc2ccc(Cl)cc21. The van der Waals surface area contributed by atoms with Crippen LogP contribution in [0.15, 0.2) is 36.8 Å². The Hall–Kier alpha value is -2.41. The second-order valence-corrected chi connectivity index (χ2v) is 13.0. The molecule has 0 radical (unpaired) electrons. The lowest BCUT2D eigenvalue weighted by Crippen LogP contribution is -2.30. The molecule has 4 N–H and O–H groups in total. The van der Waals surface area contributed by atoms with Gasteiger partial charge in [-0.1, -0.05) is 24.6 Å². The number of aromatic nitrogens is 2. The molecule has 3 heterocycles. The Balaban J connectivity index is 1.35. The van der Waals surface area contributed by atoms with Gasteiger partial charge in [0.15, 0.2) is 0 Å². The number of anilines is 1. The van der Waals surface area contributed by atoms with Crippen molar-refractivity contribution < 1.29 is 17.4 Å². The fourth-order valence-electron chi connectivity index (χ4n) is 5.50. The molecule has 1 saturated carbocycles. The van der Waals surface area contributed by atoms with E-state index in [-0.39, 0.29) is 36.3 Å². The zero-order valence-corrected chi connectivity index (χ0v) is 23.5. The van der Waals surface area contributed by atoms with E-state index in [9.17, 15) is 13.2 Å². The molecule has 12 heteroatoms. The summed E-state index contributed by atoms with van der Waals surface area (Å²) in [5, 5.41) is 12.7. The number of benzene rings is 1. The van der Waals surface area contributed by atoms with E-state index < -0.39 is 10.3 Å². The van der Waals surface area contributed by atoms with E-state index in [0.29, 0.717) is 27.7 Å². The summed E-state index contributed by atoms with van der Waals surface area (Å²) in [6, 6.07) is 7.94. The summed E-state index contributed by atoms with van der Waals surface area (Å²) >= 11 is 7.77. The molecule has 1 aliphatic carbocycles. The molecule has 0 spiro atoms. The summed E-state index contributed by atoms with van der Waals surface area (Å²) in [4.78, 5) is 23.8. The Morgan fingerprint density at radius 1 is 1.29 bits per heavy atom. The van der Waals surface area contributed by atoms with Crippen LogP contribution in [0.5, 0.6) is 0 Å². The summed E-state index contributed by atoms with van der Waals surface area (Å²) in [6.07, 6.45) is 5.35. The van der Waals surface area contributed by atoms with Crippen LogP contribution in [0.2, 0.25) is 5.02 Å². The van der Waals surface area contributed by atoms with Gasteiger partial charge in [0.2, 0.25) is 5.78 Å². The largest absolute Gasteiger partial charge is 0.367 e. The van der Waals surface area contributed by atoms with Gasteiger partial charge in [0.05, 0.1) is 23.1 Å². The molecule has 202 valence electrons. The Morgan fingerprint density at radius 3 is 2.89 bits per heavy atom. The first-order valence-electron chi connectivity index (χ1n) is 12.5. The third-order valence-corrected chi connectivity index (χ3v) is 9.21. The van der Waals surface area contributed by atoms with Gasteiger partial charge in [-0.05, 0) is 72.9 Å². The molecule has 5 rings (SSSR count). The lowest BCUT2D eigenvalue weighted by atomic mass is 9.90. The number of aryl methyl sites for hydroxylation is 1. The fourth-order valence-corrected chi connectivity index (χ4v) is 7.06. The molecule has 0 saturated heterocycles. The molecule has 3 aromatic rings. The zero-order chi connectivity index (χ0) is 27.0. The van der Waals surface area contributed by atoms with E-state index in [2.05, 4.69) is 26.7 Å². The molecule has 1 fully saturated rings. The minimum atomic E-state index is -3.98. The Morgan fingerprint density at radius 2 is 2.11 bits per heavy atom. The van der Waals surface area contributed by atoms with E-state index in [4.69, 9.17) is 20.9 Å². The van der Waals surface area contributed by atoms with Crippen molar-refractivity contribution in [1.82, 2.24) is 15.3 Å². The molecule has 2 aromatic heterocycles. The maximum absolute atomic E-state index is 13.7. The second-order valence-electron chi connectivity index (χ2n) is 10.0. The number of carbonyl (C=O) groups excluding carboxylic acids is 1. The lowest BCUT2D eigenvalue weighted by Gasteiger charge is -2.27. The molecule has 0 bridgehead atoms. The van der Waals surface area contributed by atoms with E-state index in [1.165, 1.54) is 23.2 Å². The highest BCUT2D eigenvalue weighted by Crippen LogP contribution is 2.37. The Bertz CT molecular complexity index is 1460. The van der Waals surface area contributed by atoms with Crippen molar-refractivity contribution in [3.8, 4) is 0 Å². The number of hydrogen-bond acceptors (Lipinski definition) is 9. The number of fused-ring (bicyclic) bond motifs is 1. The van der Waals surface area contributed by atoms with Crippen LogP contribution >= 0.6 is 22.9 Å². The average Bonchev–Trinajstić information content (AvgIpc) is 3.43. The number of nitrogens with zero attached hydrogens (tertiary/aromatic N) is 2. The Labute approximate surface area is 231 Å². The monoisotopic (exact) mass is 575 g/mol. The zero-order valence-electron chi connectivity index (χ0n) is 21.1. The molecule has 9 nitrogen and oxygen atoms in total. The second kappa shape index (κ2) is 11.0. The highest BCUT2D eigenvalue weighted by molar-refractivity contribution is 7.84. The molecule has 38 heavy (non-hydrogen) atoms.